The molecular weight excluding hydrogens is 330 g/mol. The van der Waals surface area contributed by atoms with Gasteiger partial charge in [-0.3, -0.25) is 10.1 Å². The van der Waals surface area contributed by atoms with Crippen molar-refractivity contribution >= 4 is 34.0 Å². The van der Waals surface area contributed by atoms with Crippen molar-refractivity contribution in [3.8, 4) is 0 Å². The molecule has 1 N–H and O–H groups in total. The number of benzene rings is 2. The minimum absolute atomic E-state index is 0.215. The third-order valence-corrected chi connectivity index (χ3v) is 4.41. The number of nitrogens with one attached hydrogen (secondary N) is 1. The number of hydrogen-bond acceptors (Lipinski definition) is 4. The van der Waals surface area contributed by atoms with Gasteiger partial charge < -0.3 is 0 Å². The Morgan fingerprint density at radius 3 is 2.48 bits per heavy atom. The first-order valence-corrected chi connectivity index (χ1v) is 8.33. The van der Waals surface area contributed by atoms with Crippen molar-refractivity contribution < 1.29 is 4.79 Å². The van der Waals surface area contributed by atoms with Crippen LogP contribution in [0, 0.1) is 0 Å². The van der Waals surface area contributed by atoms with Crippen LogP contribution < -0.4 is 5.32 Å². The van der Waals surface area contributed by atoms with Crippen molar-refractivity contribution in [1.29, 1.82) is 0 Å². The number of aryl methyl sites for hydroxylation is 2. The summed E-state index contributed by atoms with van der Waals surface area (Å²) in [6.45, 7) is 0. The molecule has 23 heavy (non-hydrogen) atoms. The summed E-state index contributed by atoms with van der Waals surface area (Å²) >= 11 is 7.21. The molecule has 0 fully saturated rings. The Morgan fingerprint density at radius 2 is 1.74 bits per heavy atom. The number of halogens is 1. The molecule has 116 valence electrons. The standard InChI is InChI=1S/C17H14ClN3OS/c18-14-9-7-13(8-10-14)16(22)19-17-21-20-15(23-17)11-6-12-4-2-1-3-5-12/h1-5,7-10H,6,11H2,(H,19,21,22). The second-order valence-corrected chi connectivity index (χ2v) is 6.45. The van der Waals surface area contributed by atoms with Crippen molar-refractivity contribution in [2.45, 2.75) is 12.8 Å². The van der Waals surface area contributed by atoms with E-state index in [-0.39, 0.29) is 5.91 Å². The first-order chi connectivity index (χ1) is 11.2. The van der Waals surface area contributed by atoms with E-state index in [1.165, 1.54) is 16.9 Å². The lowest BCUT2D eigenvalue weighted by Gasteiger charge is -2.00. The fourth-order valence-electron chi connectivity index (χ4n) is 2.07. The number of carbonyl (C=O) groups excluding carboxylic acids is 1. The number of hydrogen-bond donors (Lipinski definition) is 1. The van der Waals surface area contributed by atoms with E-state index in [9.17, 15) is 4.79 Å². The SMILES string of the molecule is O=C(Nc1nnc(CCc2ccccc2)s1)c1ccc(Cl)cc1. The molecule has 1 aromatic heterocycles. The number of aromatic nitrogens is 2. The molecule has 2 aromatic carbocycles. The van der Waals surface area contributed by atoms with Gasteiger partial charge in [-0.05, 0) is 36.2 Å². The van der Waals surface area contributed by atoms with E-state index in [0.717, 1.165) is 17.8 Å². The summed E-state index contributed by atoms with van der Waals surface area (Å²) in [5.41, 5.74) is 1.80. The second-order valence-electron chi connectivity index (χ2n) is 4.95. The smallest absolute Gasteiger partial charge is 0.257 e. The Hall–Kier alpha value is -2.24. The fourth-order valence-corrected chi connectivity index (χ4v) is 2.93. The topological polar surface area (TPSA) is 54.9 Å². The summed E-state index contributed by atoms with van der Waals surface area (Å²) in [5.74, 6) is -0.215. The summed E-state index contributed by atoms with van der Waals surface area (Å²) in [5, 5.41) is 12.9. The second kappa shape index (κ2) is 7.35. The molecule has 4 nitrogen and oxygen atoms in total. The zero-order valence-corrected chi connectivity index (χ0v) is 13.8. The minimum Gasteiger partial charge on any atom is -0.296 e. The van der Waals surface area contributed by atoms with Gasteiger partial charge in [0.1, 0.15) is 5.01 Å². The molecular formula is C17H14ClN3OS. The number of anilines is 1. The van der Waals surface area contributed by atoms with Crippen LogP contribution in [0.1, 0.15) is 20.9 Å². The van der Waals surface area contributed by atoms with E-state index in [0.29, 0.717) is 15.7 Å². The average Bonchev–Trinajstić information content (AvgIpc) is 3.02. The summed E-state index contributed by atoms with van der Waals surface area (Å²) in [4.78, 5) is 12.1. The van der Waals surface area contributed by atoms with Crippen LogP contribution in [-0.4, -0.2) is 16.1 Å². The van der Waals surface area contributed by atoms with Gasteiger partial charge in [0.25, 0.3) is 5.91 Å². The van der Waals surface area contributed by atoms with E-state index in [1.54, 1.807) is 24.3 Å². The monoisotopic (exact) mass is 343 g/mol. The van der Waals surface area contributed by atoms with Gasteiger partial charge in [0.15, 0.2) is 0 Å². The molecule has 0 aliphatic rings. The van der Waals surface area contributed by atoms with Crippen LogP contribution in [0.2, 0.25) is 5.02 Å². The maximum atomic E-state index is 12.1. The molecule has 0 saturated heterocycles. The van der Waals surface area contributed by atoms with Crippen LogP contribution in [0.25, 0.3) is 0 Å². The predicted molar refractivity (Wildman–Crippen MR) is 93.2 cm³/mol. The molecule has 0 radical (unpaired) electrons. The van der Waals surface area contributed by atoms with Gasteiger partial charge in [-0.15, -0.1) is 10.2 Å². The molecule has 0 atom stereocenters. The lowest BCUT2D eigenvalue weighted by molar-refractivity contribution is 0.102. The zero-order chi connectivity index (χ0) is 16.1. The molecule has 3 aromatic rings. The van der Waals surface area contributed by atoms with Crippen LogP contribution in [0.4, 0.5) is 5.13 Å². The molecule has 0 unspecified atom stereocenters. The Morgan fingerprint density at radius 1 is 1.00 bits per heavy atom. The van der Waals surface area contributed by atoms with E-state index in [1.807, 2.05) is 18.2 Å². The Balaban J connectivity index is 1.58. The Kier molecular flexibility index (Phi) is 5.00. The summed E-state index contributed by atoms with van der Waals surface area (Å²) in [6.07, 6.45) is 1.71. The van der Waals surface area contributed by atoms with Gasteiger partial charge in [0.05, 0.1) is 0 Å². The summed E-state index contributed by atoms with van der Waals surface area (Å²) < 4.78 is 0. The Labute approximate surface area is 143 Å². The quantitative estimate of drug-likeness (QED) is 0.754. The van der Waals surface area contributed by atoms with E-state index < -0.39 is 0 Å². The first kappa shape index (κ1) is 15.6. The molecule has 3 rings (SSSR count). The molecule has 0 aliphatic carbocycles. The maximum Gasteiger partial charge on any atom is 0.257 e. The normalized spacial score (nSPS) is 10.5. The van der Waals surface area contributed by atoms with Crippen molar-refractivity contribution in [3.05, 3.63) is 75.8 Å². The largest absolute Gasteiger partial charge is 0.296 e. The van der Waals surface area contributed by atoms with Crippen molar-refractivity contribution in [1.82, 2.24) is 10.2 Å². The fraction of sp³-hybridized carbons (Fsp3) is 0.118. The lowest BCUT2D eigenvalue weighted by atomic mass is 10.1. The Bertz CT molecular complexity index is 787. The van der Waals surface area contributed by atoms with Crippen molar-refractivity contribution in [3.63, 3.8) is 0 Å². The zero-order valence-electron chi connectivity index (χ0n) is 12.2. The van der Waals surface area contributed by atoms with E-state index in [2.05, 4.69) is 27.6 Å². The van der Waals surface area contributed by atoms with E-state index in [4.69, 9.17) is 11.6 Å². The molecule has 0 spiro atoms. The minimum atomic E-state index is -0.215. The number of carbonyl (C=O) groups is 1. The van der Waals surface area contributed by atoms with Crippen LogP contribution in [0.5, 0.6) is 0 Å². The molecule has 6 heteroatoms. The molecule has 1 heterocycles. The van der Waals surface area contributed by atoms with Gasteiger partial charge in [-0.2, -0.15) is 0 Å². The van der Waals surface area contributed by atoms with Gasteiger partial charge in [-0.1, -0.05) is 53.3 Å². The average molecular weight is 344 g/mol. The molecule has 0 bridgehead atoms. The van der Waals surface area contributed by atoms with Crippen LogP contribution in [-0.2, 0) is 12.8 Å². The van der Waals surface area contributed by atoms with Crippen LogP contribution in [0.15, 0.2) is 54.6 Å². The summed E-state index contributed by atoms with van der Waals surface area (Å²) in [7, 11) is 0. The highest BCUT2D eigenvalue weighted by molar-refractivity contribution is 7.15. The van der Waals surface area contributed by atoms with Crippen LogP contribution >= 0.6 is 22.9 Å². The highest BCUT2D eigenvalue weighted by Gasteiger charge is 2.10. The van der Waals surface area contributed by atoms with E-state index >= 15 is 0 Å². The third-order valence-electron chi connectivity index (χ3n) is 3.26. The van der Waals surface area contributed by atoms with Gasteiger partial charge in [0, 0.05) is 17.0 Å². The summed E-state index contributed by atoms with van der Waals surface area (Å²) in [6, 6.07) is 16.9. The third kappa shape index (κ3) is 4.37. The lowest BCUT2D eigenvalue weighted by Crippen LogP contribution is -2.11. The van der Waals surface area contributed by atoms with Crippen LogP contribution in [0.3, 0.4) is 0 Å². The number of nitrogens with zero attached hydrogens (tertiary/aromatic N) is 2. The highest BCUT2D eigenvalue weighted by Crippen LogP contribution is 2.18. The van der Waals surface area contributed by atoms with Crippen molar-refractivity contribution in [2.24, 2.45) is 0 Å². The number of rotatable bonds is 5. The number of amides is 1. The van der Waals surface area contributed by atoms with Crippen molar-refractivity contribution in [2.75, 3.05) is 5.32 Å². The first-order valence-electron chi connectivity index (χ1n) is 7.14. The molecule has 1 amide bonds. The van der Waals surface area contributed by atoms with Gasteiger partial charge in [0.2, 0.25) is 5.13 Å². The van der Waals surface area contributed by atoms with Gasteiger partial charge >= 0.3 is 0 Å². The maximum absolute atomic E-state index is 12.1. The molecule has 0 saturated carbocycles. The molecule has 0 aliphatic heterocycles. The highest BCUT2D eigenvalue weighted by atomic mass is 35.5. The predicted octanol–water partition coefficient (Wildman–Crippen LogP) is 4.23. The van der Waals surface area contributed by atoms with Gasteiger partial charge in [-0.25, -0.2) is 0 Å².